The Kier molecular flexibility index (Phi) is 5.68. The topological polar surface area (TPSA) is 34.5 Å². The summed E-state index contributed by atoms with van der Waals surface area (Å²) >= 11 is 6.37. The number of carbonyl (C=O) groups excluding carboxylic acids is 1. The van der Waals surface area contributed by atoms with E-state index in [0.29, 0.717) is 16.8 Å². The molecule has 0 bridgehead atoms. The van der Waals surface area contributed by atoms with Crippen molar-refractivity contribution in [1.82, 2.24) is 9.47 Å². The largest absolute Gasteiger partial charge is 0.482 e. The molecule has 5 heteroatoms. The maximum Gasteiger partial charge on any atom is 0.260 e. The lowest BCUT2D eigenvalue weighted by atomic mass is 10.0. The van der Waals surface area contributed by atoms with Crippen molar-refractivity contribution in [3.8, 4) is 16.9 Å². The number of nitrogens with zero attached hydrogens (tertiary/aromatic N) is 2. The number of piperidine rings is 1. The second kappa shape index (κ2) is 8.53. The zero-order chi connectivity index (χ0) is 19.3. The molecule has 4 nitrogen and oxygen atoms in total. The Bertz CT molecular complexity index is 917. The predicted octanol–water partition coefficient (Wildman–Crippen LogP) is 5.05. The normalized spacial score (nSPS) is 14.8. The van der Waals surface area contributed by atoms with Gasteiger partial charge in [-0.1, -0.05) is 48.0 Å². The van der Waals surface area contributed by atoms with Crippen LogP contribution in [0.4, 0.5) is 0 Å². The van der Waals surface area contributed by atoms with Crippen molar-refractivity contribution in [2.45, 2.75) is 18.9 Å². The fraction of sp³-hybridized carbons (Fsp3) is 0.261. The maximum atomic E-state index is 12.5. The van der Waals surface area contributed by atoms with Crippen LogP contribution in [0.15, 0.2) is 73.1 Å². The van der Waals surface area contributed by atoms with Crippen molar-refractivity contribution in [2.75, 3.05) is 19.7 Å². The predicted molar refractivity (Wildman–Crippen MR) is 112 cm³/mol. The second-order valence-electron chi connectivity index (χ2n) is 7.04. The van der Waals surface area contributed by atoms with Crippen molar-refractivity contribution in [3.05, 3.63) is 78.1 Å². The van der Waals surface area contributed by atoms with Crippen molar-refractivity contribution in [2.24, 2.45) is 0 Å². The number of aromatic nitrogens is 1. The fourth-order valence-corrected chi connectivity index (χ4v) is 3.90. The molecular weight excluding hydrogens is 372 g/mol. The summed E-state index contributed by atoms with van der Waals surface area (Å²) in [4.78, 5) is 14.4. The Morgan fingerprint density at radius 3 is 2.36 bits per heavy atom. The first-order chi connectivity index (χ1) is 13.7. The minimum absolute atomic E-state index is 0.00848. The van der Waals surface area contributed by atoms with Crippen molar-refractivity contribution in [1.29, 1.82) is 0 Å². The van der Waals surface area contributed by atoms with Crippen LogP contribution in [-0.2, 0) is 4.79 Å². The molecule has 0 N–H and O–H groups in total. The zero-order valence-electron chi connectivity index (χ0n) is 15.6. The first kappa shape index (κ1) is 18.6. The van der Waals surface area contributed by atoms with E-state index in [1.54, 1.807) is 0 Å². The molecule has 1 aliphatic rings. The number of benzene rings is 2. The number of ether oxygens (including phenoxy) is 1. The van der Waals surface area contributed by atoms with Gasteiger partial charge in [0.05, 0.1) is 5.02 Å². The van der Waals surface area contributed by atoms with E-state index >= 15 is 0 Å². The smallest absolute Gasteiger partial charge is 0.260 e. The summed E-state index contributed by atoms with van der Waals surface area (Å²) in [5.74, 6) is 0.547. The number of halogens is 1. The summed E-state index contributed by atoms with van der Waals surface area (Å²) in [6.45, 7) is 1.52. The van der Waals surface area contributed by atoms with Gasteiger partial charge in [0.1, 0.15) is 5.75 Å². The van der Waals surface area contributed by atoms with Crippen LogP contribution in [0.2, 0.25) is 5.02 Å². The van der Waals surface area contributed by atoms with E-state index in [9.17, 15) is 4.79 Å². The molecule has 28 heavy (non-hydrogen) atoms. The number of amides is 1. The van der Waals surface area contributed by atoms with Gasteiger partial charge in [-0.2, -0.15) is 0 Å². The maximum absolute atomic E-state index is 12.5. The van der Waals surface area contributed by atoms with E-state index in [1.165, 1.54) is 0 Å². The summed E-state index contributed by atoms with van der Waals surface area (Å²) in [5, 5.41) is 0.514. The number of hydrogen-bond acceptors (Lipinski definition) is 2. The van der Waals surface area contributed by atoms with Gasteiger partial charge < -0.3 is 14.2 Å². The molecule has 0 saturated carbocycles. The minimum Gasteiger partial charge on any atom is -0.482 e. The Balaban J connectivity index is 1.31. The molecule has 1 saturated heterocycles. The first-order valence-corrected chi connectivity index (χ1v) is 9.96. The van der Waals surface area contributed by atoms with Crippen molar-refractivity contribution in [3.63, 3.8) is 0 Å². The molecule has 2 heterocycles. The molecule has 4 rings (SSSR count). The highest BCUT2D eigenvalue weighted by Gasteiger charge is 2.23. The van der Waals surface area contributed by atoms with Gasteiger partial charge in [-0.3, -0.25) is 4.79 Å². The number of likely N-dealkylation sites (tertiary alicyclic amines) is 1. The van der Waals surface area contributed by atoms with E-state index in [0.717, 1.165) is 37.1 Å². The van der Waals surface area contributed by atoms with E-state index in [1.807, 2.05) is 65.6 Å². The molecule has 0 aliphatic carbocycles. The van der Waals surface area contributed by atoms with Crippen LogP contribution in [0.25, 0.3) is 11.1 Å². The fourth-order valence-electron chi connectivity index (χ4n) is 3.66. The van der Waals surface area contributed by atoms with E-state index in [4.69, 9.17) is 16.3 Å². The molecule has 2 aromatic carbocycles. The number of hydrogen-bond donors (Lipinski definition) is 0. The summed E-state index contributed by atoms with van der Waals surface area (Å²) in [7, 11) is 0. The zero-order valence-corrected chi connectivity index (χ0v) is 16.4. The molecule has 0 spiro atoms. The molecule has 1 amide bonds. The molecule has 1 aromatic heterocycles. The van der Waals surface area contributed by atoms with Gasteiger partial charge in [0.15, 0.2) is 6.61 Å². The lowest BCUT2D eigenvalue weighted by Crippen LogP contribution is -2.41. The average Bonchev–Trinajstić information content (AvgIpc) is 3.28. The molecular formula is C23H23ClN2O2. The summed E-state index contributed by atoms with van der Waals surface area (Å²) in [6.07, 6.45) is 6.11. The summed E-state index contributed by atoms with van der Waals surface area (Å²) in [5.41, 5.74) is 2.12. The van der Waals surface area contributed by atoms with Crippen molar-refractivity contribution < 1.29 is 9.53 Å². The summed E-state index contributed by atoms with van der Waals surface area (Å²) in [6, 6.07) is 20.3. The number of carbonyl (C=O) groups is 1. The van der Waals surface area contributed by atoms with Gasteiger partial charge in [-0.05, 0) is 48.2 Å². The highest BCUT2D eigenvalue weighted by molar-refractivity contribution is 6.32. The van der Waals surface area contributed by atoms with Crippen LogP contribution in [0.1, 0.15) is 18.9 Å². The van der Waals surface area contributed by atoms with E-state index in [-0.39, 0.29) is 12.5 Å². The van der Waals surface area contributed by atoms with Gasteiger partial charge in [0, 0.05) is 31.5 Å². The highest BCUT2D eigenvalue weighted by Crippen LogP contribution is 2.30. The van der Waals surface area contributed by atoms with E-state index in [2.05, 4.69) is 17.0 Å². The molecule has 0 atom stereocenters. The quantitative estimate of drug-likeness (QED) is 0.606. The highest BCUT2D eigenvalue weighted by atomic mass is 35.5. The third-order valence-corrected chi connectivity index (χ3v) is 5.55. The van der Waals surface area contributed by atoms with Gasteiger partial charge in [0.25, 0.3) is 5.91 Å². The Labute approximate surface area is 170 Å². The second-order valence-corrected chi connectivity index (χ2v) is 7.45. The molecule has 3 aromatic rings. The Morgan fingerprint density at radius 2 is 1.68 bits per heavy atom. The van der Waals surface area contributed by atoms with Crippen LogP contribution < -0.4 is 4.74 Å². The van der Waals surface area contributed by atoms with Crippen LogP contribution >= 0.6 is 11.6 Å². The van der Waals surface area contributed by atoms with Gasteiger partial charge in [-0.25, -0.2) is 0 Å². The van der Waals surface area contributed by atoms with E-state index < -0.39 is 0 Å². The molecule has 144 valence electrons. The molecule has 0 radical (unpaired) electrons. The van der Waals surface area contributed by atoms with Crippen LogP contribution in [0.5, 0.6) is 5.75 Å². The van der Waals surface area contributed by atoms with Gasteiger partial charge >= 0.3 is 0 Å². The standard InChI is InChI=1S/C23H23ClN2O2/c24-21-16-19(18-6-2-1-3-7-18)8-9-22(21)28-17-23(27)26-14-10-20(11-15-26)25-12-4-5-13-25/h1-9,12-13,16,20H,10-11,14-15,17H2. The SMILES string of the molecule is O=C(COc1ccc(-c2ccccc2)cc1Cl)N1CCC(n2cccc2)CC1. The summed E-state index contributed by atoms with van der Waals surface area (Å²) < 4.78 is 7.94. The Hall–Kier alpha value is -2.72. The Morgan fingerprint density at radius 1 is 0.964 bits per heavy atom. The van der Waals surface area contributed by atoms with Gasteiger partial charge in [-0.15, -0.1) is 0 Å². The van der Waals surface area contributed by atoms with Crippen LogP contribution in [0.3, 0.4) is 0 Å². The van der Waals surface area contributed by atoms with Gasteiger partial charge in [0.2, 0.25) is 0 Å². The third kappa shape index (κ3) is 4.23. The number of rotatable bonds is 5. The lowest BCUT2D eigenvalue weighted by Gasteiger charge is -2.32. The monoisotopic (exact) mass is 394 g/mol. The average molecular weight is 395 g/mol. The first-order valence-electron chi connectivity index (χ1n) is 9.59. The minimum atomic E-state index is 0.00848. The molecule has 1 aliphatic heterocycles. The molecule has 0 unspecified atom stereocenters. The van der Waals surface area contributed by atoms with Crippen LogP contribution in [0, 0.1) is 0 Å². The third-order valence-electron chi connectivity index (χ3n) is 5.26. The van der Waals surface area contributed by atoms with Crippen molar-refractivity contribution >= 4 is 17.5 Å². The lowest BCUT2D eigenvalue weighted by molar-refractivity contribution is -0.134. The van der Waals surface area contributed by atoms with Crippen LogP contribution in [-0.4, -0.2) is 35.1 Å². The molecule has 1 fully saturated rings.